The van der Waals surface area contributed by atoms with Crippen molar-refractivity contribution in [1.82, 2.24) is 19.9 Å². The van der Waals surface area contributed by atoms with Crippen LogP contribution in [0.4, 0.5) is 14.7 Å². The first-order chi connectivity index (χ1) is 14.1. The molecule has 2 aromatic carbocycles. The van der Waals surface area contributed by atoms with Gasteiger partial charge in [-0.3, -0.25) is 0 Å². The Morgan fingerprint density at radius 2 is 1.80 bits per heavy atom. The van der Waals surface area contributed by atoms with E-state index in [-0.39, 0.29) is 21.9 Å². The third-order valence-electron chi connectivity index (χ3n) is 4.79. The number of nitrogen functional groups attached to an aromatic ring is 1. The van der Waals surface area contributed by atoms with Crippen LogP contribution in [-0.4, -0.2) is 33.6 Å². The normalized spacial score (nSPS) is 12.2. The average Bonchev–Trinajstić information content (AvgIpc) is 3.22. The number of anilines is 1. The Bertz CT molecular complexity index is 1390. The summed E-state index contributed by atoms with van der Waals surface area (Å²) in [6.45, 7) is 4.83. The summed E-state index contributed by atoms with van der Waals surface area (Å²) in [6.07, 6.45) is 0. The average molecular weight is 431 g/mol. The summed E-state index contributed by atoms with van der Waals surface area (Å²) in [5, 5.41) is -0.691. The van der Waals surface area contributed by atoms with Crippen LogP contribution in [0.1, 0.15) is 19.7 Å². The van der Waals surface area contributed by atoms with Crippen LogP contribution in [-0.2, 0) is 9.84 Å². The first-order valence-corrected chi connectivity index (χ1v) is 10.7. The number of aromatic nitrogens is 4. The van der Waals surface area contributed by atoms with E-state index in [0.29, 0.717) is 28.3 Å². The molecule has 2 heterocycles. The maximum absolute atomic E-state index is 14.5. The highest BCUT2D eigenvalue weighted by atomic mass is 32.2. The Labute approximate surface area is 171 Å². The predicted molar refractivity (Wildman–Crippen MR) is 110 cm³/mol. The Hall–Kier alpha value is -3.27. The summed E-state index contributed by atoms with van der Waals surface area (Å²) in [7, 11) is -3.70. The fraction of sp³-hybridized carbons (Fsp3) is 0.200. The van der Waals surface area contributed by atoms with Gasteiger partial charge in [0, 0.05) is 17.2 Å². The molecule has 0 unspecified atom stereocenters. The van der Waals surface area contributed by atoms with Crippen molar-refractivity contribution in [2.24, 2.45) is 0 Å². The summed E-state index contributed by atoms with van der Waals surface area (Å²) in [6, 6.07) is 6.34. The van der Waals surface area contributed by atoms with Crippen LogP contribution >= 0.6 is 0 Å². The second-order valence-electron chi connectivity index (χ2n) is 7.26. The van der Waals surface area contributed by atoms with Gasteiger partial charge in [-0.15, -0.1) is 0 Å². The number of nitrogens with two attached hydrogens (primary N) is 1. The summed E-state index contributed by atoms with van der Waals surface area (Å²) >= 11 is 0. The van der Waals surface area contributed by atoms with E-state index in [9.17, 15) is 17.2 Å². The zero-order valence-corrected chi connectivity index (χ0v) is 17.2. The van der Waals surface area contributed by atoms with Crippen molar-refractivity contribution in [2.45, 2.75) is 30.9 Å². The lowest BCUT2D eigenvalue weighted by Gasteiger charge is -2.11. The van der Waals surface area contributed by atoms with Gasteiger partial charge in [-0.1, -0.05) is 0 Å². The lowest BCUT2D eigenvalue weighted by Crippen LogP contribution is -2.14. The second kappa shape index (κ2) is 6.91. The van der Waals surface area contributed by atoms with E-state index in [1.807, 2.05) is 0 Å². The third-order valence-corrected chi connectivity index (χ3v) is 6.96. The highest BCUT2D eigenvalue weighted by molar-refractivity contribution is 7.92. The molecule has 0 saturated carbocycles. The largest absolute Gasteiger partial charge is 0.369 e. The van der Waals surface area contributed by atoms with Crippen molar-refractivity contribution in [1.29, 1.82) is 0 Å². The number of nitrogens with one attached hydrogen (secondary N) is 2. The molecule has 4 aromatic rings. The summed E-state index contributed by atoms with van der Waals surface area (Å²) in [5.74, 6) is -0.901. The molecule has 0 radical (unpaired) electrons. The summed E-state index contributed by atoms with van der Waals surface area (Å²) < 4.78 is 53.8. The molecule has 30 heavy (non-hydrogen) atoms. The Morgan fingerprint density at radius 1 is 1.07 bits per heavy atom. The minimum absolute atomic E-state index is 0.00383. The van der Waals surface area contributed by atoms with E-state index < -0.39 is 26.7 Å². The first kappa shape index (κ1) is 20.0. The maximum Gasteiger partial charge on any atom is 0.198 e. The van der Waals surface area contributed by atoms with Crippen LogP contribution < -0.4 is 5.73 Å². The first-order valence-electron chi connectivity index (χ1n) is 9.13. The molecule has 0 atom stereocenters. The van der Waals surface area contributed by atoms with E-state index in [1.54, 1.807) is 26.8 Å². The number of hydrogen-bond donors (Lipinski definition) is 3. The van der Waals surface area contributed by atoms with Gasteiger partial charge in [0.1, 0.15) is 23.0 Å². The smallest absolute Gasteiger partial charge is 0.198 e. The molecule has 0 saturated heterocycles. The molecule has 0 fully saturated rings. The molecular formula is C20H19F2N5O2S. The second-order valence-corrected chi connectivity index (χ2v) is 9.73. The number of imidazole rings is 2. The lowest BCUT2D eigenvalue weighted by molar-refractivity contribution is 0.585. The minimum Gasteiger partial charge on any atom is -0.369 e. The van der Waals surface area contributed by atoms with Gasteiger partial charge in [0.25, 0.3) is 0 Å². The molecule has 0 amide bonds. The van der Waals surface area contributed by atoms with Crippen LogP contribution in [0.25, 0.3) is 33.5 Å². The molecule has 156 valence electrons. The fourth-order valence-electron chi connectivity index (χ4n) is 3.30. The molecule has 2 aromatic heterocycles. The number of H-pyrrole nitrogens is 2. The van der Waals surface area contributed by atoms with Gasteiger partial charge >= 0.3 is 0 Å². The SMILES string of the molecule is Cc1nc(-c2cc(S(=O)(=O)C(C)C)c3nc(N)[nH]c3c2)c(-c2ccc(F)cc2F)[nH]1. The Morgan fingerprint density at radius 3 is 2.47 bits per heavy atom. The van der Waals surface area contributed by atoms with E-state index in [1.165, 1.54) is 12.1 Å². The van der Waals surface area contributed by atoms with Crippen molar-refractivity contribution in [2.75, 3.05) is 5.73 Å². The van der Waals surface area contributed by atoms with Crippen LogP contribution in [0.5, 0.6) is 0 Å². The number of benzene rings is 2. The van der Waals surface area contributed by atoms with E-state index in [0.717, 1.165) is 12.1 Å². The molecule has 0 aliphatic heterocycles. The van der Waals surface area contributed by atoms with Gasteiger partial charge in [0.05, 0.1) is 27.0 Å². The van der Waals surface area contributed by atoms with E-state index >= 15 is 0 Å². The molecule has 0 bridgehead atoms. The molecule has 0 aliphatic carbocycles. The number of rotatable bonds is 4. The van der Waals surface area contributed by atoms with Crippen LogP contribution in [0.3, 0.4) is 0 Å². The van der Waals surface area contributed by atoms with E-state index in [4.69, 9.17) is 5.73 Å². The fourth-order valence-corrected chi connectivity index (χ4v) is 4.52. The van der Waals surface area contributed by atoms with Crippen molar-refractivity contribution < 1.29 is 17.2 Å². The number of fused-ring (bicyclic) bond motifs is 1. The molecule has 0 aliphatic rings. The molecule has 7 nitrogen and oxygen atoms in total. The van der Waals surface area contributed by atoms with E-state index in [2.05, 4.69) is 19.9 Å². The lowest BCUT2D eigenvalue weighted by atomic mass is 10.0. The van der Waals surface area contributed by atoms with Gasteiger partial charge < -0.3 is 15.7 Å². The summed E-state index contributed by atoms with van der Waals surface area (Å²) in [4.78, 5) is 14.4. The standard InChI is InChI=1S/C20H19F2N5O2S/c1-9(2)30(28,29)16-7-11(6-15-19(16)27-20(23)26-15)17-18(25-10(3)24-17)13-5-4-12(21)8-14(13)22/h4-9H,1-3H3,(H,24,25)(H3,23,26,27). The van der Waals surface area contributed by atoms with Crippen molar-refractivity contribution in [3.63, 3.8) is 0 Å². The topological polar surface area (TPSA) is 118 Å². The number of nitrogens with zero attached hydrogens (tertiary/aromatic N) is 2. The zero-order chi connectivity index (χ0) is 21.8. The van der Waals surface area contributed by atoms with Gasteiger partial charge in [-0.05, 0) is 45.0 Å². The van der Waals surface area contributed by atoms with Gasteiger partial charge in [-0.2, -0.15) is 0 Å². The van der Waals surface area contributed by atoms with Crippen LogP contribution in [0.15, 0.2) is 35.2 Å². The third kappa shape index (κ3) is 3.22. The Balaban J connectivity index is 2.02. The zero-order valence-electron chi connectivity index (χ0n) is 16.4. The summed E-state index contributed by atoms with van der Waals surface area (Å²) in [5.41, 5.74) is 7.58. The molecule has 4 N–H and O–H groups in total. The molecule has 0 spiro atoms. The monoisotopic (exact) mass is 431 g/mol. The van der Waals surface area contributed by atoms with Crippen LogP contribution in [0, 0.1) is 18.6 Å². The molecular weight excluding hydrogens is 412 g/mol. The Kier molecular flexibility index (Phi) is 4.61. The van der Waals surface area contributed by atoms with Crippen molar-refractivity contribution in [3.05, 3.63) is 47.8 Å². The van der Waals surface area contributed by atoms with Gasteiger partial charge in [0.15, 0.2) is 15.8 Å². The maximum atomic E-state index is 14.5. The van der Waals surface area contributed by atoms with Crippen LogP contribution in [0.2, 0.25) is 0 Å². The quantitative estimate of drug-likeness (QED) is 0.452. The number of aryl methyl sites for hydroxylation is 1. The van der Waals surface area contributed by atoms with Gasteiger partial charge in [0.2, 0.25) is 0 Å². The van der Waals surface area contributed by atoms with Crippen molar-refractivity contribution in [3.8, 4) is 22.5 Å². The highest BCUT2D eigenvalue weighted by Crippen LogP contribution is 2.36. The number of hydrogen-bond acceptors (Lipinski definition) is 5. The number of sulfone groups is 1. The number of aromatic amines is 2. The molecule has 4 rings (SSSR count). The minimum atomic E-state index is -3.70. The highest BCUT2D eigenvalue weighted by Gasteiger charge is 2.26. The van der Waals surface area contributed by atoms with Crippen molar-refractivity contribution >= 4 is 26.8 Å². The van der Waals surface area contributed by atoms with Gasteiger partial charge in [-0.25, -0.2) is 27.2 Å². The number of halogens is 2. The molecule has 10 heteroatoms. The predicted octanol–water partition coefficient (Wildman–Crippen LogP) is 3.97.